The number of nitrogens with one attached hydrogen (secondary N) is 3. The van der Waals surface area contributed by atoms with Gasteiger partial charge in [0.2, 0.25) is 11.7 Å². The highest BCUT2D eigenvalue weighted by Crippen LogP contribution is 2.38. The number of tetrazole rings is 1. The van der Waals surface area contributed by atoms with Crippen molar-refractivity contribution in [1.29, 1.82) is 0 Å². The number of ether oxygens (including phenoxy) is 1. The number of aryl methyl sites for hydroxylation is 1. The van der Waals surface area contributed by atoms with Crippen molar-refractivity contribution in [3.8, 4) is 17.1 Å². The van der Waals surface area contributed by atoms with Crippen LogP contribution in [0.5, 0.6) is 5.75 Å². The minimum atomic E-state index is -2.81. The molecule has 3 aromatic heterocycles. The first-order chi connectivity index (χ1) is 15.9. The van der Waals surface area contributed by atoms with Gasteiger partial charge >= 0.3 is 0 Å². The van der Waals surface area contributed by atoms with E-state index in [2.05, 4.69) is 41.0 Å². The predicted molar refractivity (Wildman–Crippen MR) is 114 cm³/mol. The number of carbonyl (C=O) groups is 1. The maximum absolute atomic E-state index is 13.3. The Labute approximate surface area is 185 Å². The Morgan fingerprint density at radius 3 is 2.76 bits per heavy atom. The standard InChI is InChI=1S/C20H19F2N9O2/c1-31-29-17(28-30-31)10-4-3-5-11(15(10)33-2)23-12-8-13(25-20(32)9-6-7-9)24-18-14(12)26-19(27-18)16(21)22/h3-5,8-9,16H,6-7H2,1-2H3,(H3,23,24,25,26,27,32). The van der Waals surface area contributed by atoms with Gasteiger partial charge in [0.05, 0.1) is 31.1 Å². The first kappa shape index (κ1) is 20.7. The third-order valence-electron chi connectivity index (χ3n) is 5.12. The Morgan fingerprint density at radius 2 is 2.09 bits per heavy atom. The third-order valence-corrected chi connectivity index (χ3v) is 5.12. The summed E-state index contributed by atoms with van der Waals surface area (Å²) in [5, 5.41) is 18.0. The number of H-pyrrole nitrogens is 1. The predicted octanol–water partition coefficient (Wildman–Crippen LogP) is 3.19. The minimum absolute atomic E-state index is 0.0476. The van der Waals surface area contributed by atoms with Gasteiger partial charge in [-0.3, -0.25) is 4.79 Å². The van der Waals surface area contributed by atoms with E-state index in [1.165, 1.54) is 11.9 Å². The zero-order valence-electron chi connectivity index (χ0n) is 17.6. The second kappa shape index (κ2) is 8.07. The quantitative estimate of drug-likeness (QED) is 0.387. The summed E-state index contributed by atoms with van der Waals surface area (Å²) in [7, 11) is 3.14. The van der Waals surface area contributed by atoms with Gasteiger partial charge in [-0.05, 0) is 30.2 Å². The van der Waals surface area contributed by atoms with E-state index in [1.807, 2.05) is 0 Å². The molecule has 1 aliphatic rings. The van der Waals surface area contributed by atoms with Crippen LogP contribution in [0.2, 0.25) is 0 Å². The van der Waals surface area contributed by atoms with Crippen LogP contribution in [0.4, 0.5) is 26.0 Å². The fraction of sp³-hybridized carbons (Fsp3) is 0.300. The van der Waals surface area contributed by atoms with E-state index in [4.69, 9.17) is 4.74 Å². The molecule has 5 rings (SSSR count). The number of imidazole rings is 1. The number of alkyl halides is 2. The number of hydrogen-bond donors (Lipinski definition) is 3. The Hall–Kier alpha value is -4.16. The molecular weight excluding hydrogens is 436 g/mol. The molecule has 11 nitrogen and oxygen atoms in total. The molecule has 4 aromatic rings. The number of fused-ring (bicyclic) bond motifs is 1. The largest absolute Gasteiger partial charge is 0.494 e. The SMILES string of the molecule is COc1c(Nc2cc(NC(=O)C3CC3)nc3[nH]c(C(F)F)nc23)cccc1-c1nnn(C)n1. The Bertz CT molecular complexity index is 1350. The lowest BCUT2D eigenvalue weighted by Gasteiger charge is -2.15. The van der Waals surface area contributed by atoms with Gasteiger partial charge in [0.1, 0.15) is 11.3 Å². The lowest BCUT2D eigenvalue weighted by Crippen LogP contribution is -2.14. The van der Waals surface area contributed by atoms with Gasteiger partial charge in [-0.1, -0.05) is 6.07 Å². The number of para-hydroxylation sites is 1. The maximum Gasteiger partial charge on any atom is 0.295 e. The van der Waals surface area contributed by atoms with Crippen LogP contribution in [-0.2, 0) is 11.8 Å². The number of aromatic amines is 1. The number of aromatic nitrogens is 7. The van der Waals surface area contributed by atoms with E-state index in [-0.39, 0.29) is 28.8 Å². The monoisotopic (exact) mass is 455 g/mol. The number of nitrogens with zero attached hydrogens (tertiary/aromatic N) is 6. The van der Waals surface area contributed by atoms with Gasteiger partial charge in [-0.15, -0.1) is 10.2 Å². The zero-order valence-corrected chi connectivity index (χ0v) is 17.6. The minimum Gasteiger partial charge on any atom is -0.494 e. The average molecular weight is 455 g/mol. The molecule has 1 saturated carbocycles. The third kappa shape index (κ3) is 4.04. The van der Waals surface area contributed by atoms with Crippen molar-refractivity contribution in [2.75, 3.05) is 17.7 Å². The Morgan fingerprint density at radius 1 is 1.27 bits per heavy atom. The van der Waals surface area contributed by atoms with Crippen molar-refractivity contribution in [3.63, 3.8) is 0 Å². The highest BCUT2D eigenvalue weighted by atomic mass is 19.3. The van der Waals surface area contributed by atoms with Gasteiger partial charge in [-0.25, -0.2) is 18.7 Å². The van der Waals surface area contributed by atoms with Gasteiger partial charge in [0, 0.05) is 12.0 Å². The molecule has 13 heteroatoms. The summed E-state index contributed by atoms with van der Waals surface area (Å²) >= 11 is 0. The van der Waals surface area contributed by atoms with Gasteiger partial charge in [0.25, 0.3) is 6.43 Å². The Kier molecular flexibility index (Phi) is 5.07. The topological polar surface area (TPSA) is 136 Å². The maximum atomic E-state index is 13.3. The van der Waals surface area contributed by atoms with E-state index in [1.54, 1.807) is 31.3 Å². The molecule has 3 N–H and O–H groups in total. The highest BCUT2D eigenvalue weighted by Gasteiger charge is 2.30. The molecule has 0 atom stereocenters. The Balaban J connectivity index is 1.58. The first-order valence-electron chi connectivity index (χ1n) is 10.1. The number of halogens is 2. The van der Waals surface area contributed by atoms with Crippen LogP contribution in [0, 0.1) is 5.92 Å². The average Bonchev–Trinajstić information content (AvgIpc) is 3.41. The number of hydrogen-bond acceptors (Lipinski definition) is 8. The van der Waals surface area contributed by atoms with Crippen LogP contribution in [0.3, 0.4) is 0 Å². The number of methoxy groups -OCH3 is 1. The summed E-state index contributed by atoms with van der Waals surface area (Å²) in [5.74, 6) is 0.273. The number of pyridine rings is 1. The summed E-state index contributed by atoms with van der Waals surface area (Å²) in [6.07, 6.45) is -1.17. The van der Waals surface area contributed by atoms with Crippen molar-refractivity contribution in [2.45, 2.75) is 19.3 Å². The lowest BCUT2D eigenvalue weighted by atomic mass is 10.1. The van der Waals surface area contributed by atoms with Crippen LogP contribution in [0.15, 0.2) is 24.3 Å². The first-order valence-corrected chi connectivity index (χ1v) is 10.1. The molecule has 1 aliphatic carbocycles. The van der Waals surface area contributed by atoms with Crippen LogP contribution >= 0.6 is 0 Å². The summed E-state index contributed by atoms with van der Waals surface area (Å²) in [4.78, 5) is 24.3. The summed E-state index contributed by atoms with van der Waals surface area (Å²) in [6.45, 7) is 0. The summed E-state index contributed by atoms with van der Waals surface area (Å²) in [5.41, 5.74) is 1.76. The molecule has 1 amide bonds. The molecule has 3 heterocycles. The summed E-state index contributed by atoms with van der Waals surface area (Å²) < 4.78 is 32.2. The van der Waals surface area contributed by atoms with Gasteiger partial charge < -0.3 is 20.4 Å². The molecule has 33 heavy (non-hydrogen) atoms. The highest BCUT2D eigenvalue weighted by molar-refractivity contribution is 5.97. The molecule has 1 fully saturated rings. The molecule has 1 aromatic carbocycles. The van der Waals surface area contributed by atoms with Crippen LogP contribution in [0.25, 0.3) is 22.6 Å². The van der Waals surface area contributed by atoms with Crippen LogP contribution in [0.1, 0.15) is 25.1 Å². The second-order valence-corrected chi connectivity index (χ2v) is 7.55. The number of amides is 1. The molecule has 0 radical (unpaired) electrons. The summed E-state index contributed by atoms with van der Waals surface area (Å²) in [6, 6.07) is 6.83. The van der Waals surface area contributed by atoms with Gasteiger partial charge in [-0.2, -0.15) is 4.80 Å². The van der Waals surface area contributed by atoms with Crippen LogP contribution in [-0.4, -0.2) is 48.2 Å². The van der Waals surface area contributed by atoms with Gasteiger partial charge in [0.15, 0.2) is 17.2 Å². The fourth-order valence-corrected chi connectivity index (χ4v) is 3.41. The molecule has 0 bridgehead atoms. The second-order valence-electron chi connectivity index (χ2n) is 7.55. The van der Waals surface area contributed by atoms with Crippen molar-refractivity contribution < 1.29 is 18.3 Å². The van der Waals surface area contributed by atoms with E-state index < -0.39 is 12.2 Å². The molecule has 0 unspecified atom stereocenters. The van der Waals surface area contributed by atoms with Crippen LogP contribution < -0.4 is 15.4 Å². The molecular formula is C20H19F2N9O2. The number of carbonyl (C=O) groups excluding carboxylic acids is 1. The van der Waals surface area contributed by atoms with E-state index in [9.17, 15) is 13.6 Å². The zero-order chi connectivity index (χ0) is 23.1. The smallest absolute Gasteiger partial charge is 0.295 e. The molecule has 0 aliphatic heterocycles. The van der Waals surface area contributed by atoms with Crippen molar-refractivity contribution in [1.82, 2.24) is 35.2 Å². The molecule has 170 valence electrons. The lowest BCUT2D eigenvalue weighted by molar-refractivity contribution is -0.117. The fourth-order valence-electron chi connectivity index (χ4n) is 3.41. The molecule has 0 spiro atoms. The van der Waals surface area contributed by atoms with E-state index in [0.29, 0.717) is 28.5 Å². The van der Waals surface area contributed by atoms with Crippen molar-refractivity contribution >= 4 is 34.3 Å². The van der Waals surface area contributed by atoms with E-state index >= 15 is 0 Å². The van der Waals surface area contributed by atoms with Crippen molar-refractivity contribution in [3.05, 3.63) is 30.1 Å². The normalized spacial score (nSPS) is 13.5. The van der Waals surface area contributed by atoms with E-state index in [0.717, 1.165) is 12.8 Å². The molecule has 0 saturated heterocycles. The van der Waals surface area contributed by atoms with Crippen molar-refractivity contribution in [2.24, 2.45) is 13.0 Å². The number of benzene rings is 1. The number of rotatable bonds is 7. The number of anilines is 3.